The van der Waals surface area contributed by atoms with Crippen LogP contribution in [0, 0.1) is 17.1 Å². The third-order valence-electron chi connectivity index (χ3n) is 3.60. The summed E-state index contributed by atoms with van der Waals surface area (Å²) in [6.07, 6.45) is 2.67. The van der Waals surface area contributed by atoms with Gasteiger partial charge in [-0.3, -0.25) is 9.71 Å². The maximum atomic E-state index is 13.9. The zero-order valence-electron chi connectivity index (χ0n) is 13.2. The number of nitrogens with one attached hydrogen (secondary N) is 2. The first-order chi connectivity index (χ1) is 12.4. The van der Waals surface area contributed by atoms with E-state index in [2.05, 4.69) is 14.7 Å². The van der Waals surface area contributed by atoms with Crippen LogP contribution in [0.25, 0.3) is 11.4 Å². The van der Waals surface area contributed by atoms with Crippen LogP contribution in [0.1, 0.15) is 11.1 Å². The molecule has 26 heavy (non-hydrogen) atoms. The SMILES string of the molecule is N#Cc1ccc(NS(=O)(=O)c2c[nH]c(-c3ncccc3CF)c2)c(F)c1. The summed E-state index contributed by atoms with van der Waals surface area (Å²) in [6.45, 7) is -0.751. The highest BCUT2D eigenvalue weighted by molar-refractivity contribution is 7.92. The summed E-state index contributed by atoms with van der Waals surface area (Å²) in [5, 5.41) is 8.73. The monoisotopic (exact) mass is 374 g/mol. The van der Waals surface area contributed by atoms with Crippen molar-refractivity contribution < 1.29 is 17.2 Å². The first-order valence-electron chi connectivity index (χ1n) is 7.35. The molecule has 9 heteroatoms. The van der Waals surface area contributed by atoms with Crippen LogP contribution < -0.4 is 4.72 Å². The highest BCUT2D eigenvalue weighted by Gasteiger charge is 2.20. The fourth-order valence-electron chi connectivity index (χ4n) is 2.33. The number of aromatic amines is 1. The molecule has 0 spiro atoms. The molecule has 2 heterocycles. The molecule has 0 aliphatic carbocycles. The molecule has 6 nitrogen and oxygen atoms in total. The molecule has 3 rings (SSSR count). The highest BCUT2D eigenvalue weighted by atomic mass is 32.2. The van der Waals surface area contributed by atoms with Gasteiger partial charge in [-0.25, -0.2) is 17.2 Å². The molecular formula is C17H12F2N4O2S. The lowest BCUT2D eigenvalue weighted by atomic mass is 10.1. The van der Waals surface area contributed by atoms with E-state index in [0.29, 0.717) is 17.0 Å². The number of aromatic nitrogens is 2. The predicted octanol–water partition coefficient (Wildman–Crippen LogP) is 3.36. The summed E-state index contributed by atoms with van der Waals surface area (Å²) in [7, 11) is -4.09. The number of sulfonamides is 1. The maximum absolute atomic E-state index is 13.9. The zero-order valence-corrected chi connectivity index (χ0v) is 14.0. The van der Waals surface area contributed by atoms with E-state index in [1.165, 1.54) is 30.6 Å². The molecule has 0 amide bonds. The molecule has 0 fully saturated rings. The summed E-state index contributed by atoms with van der Waals surface area (Å²) in [4.78, 5) is 6.63. The van der Waals surface area contributed by atoms with Crippen LogP contribution in [0.2, 0.25) is 0 Å². The van der Waals surface area contributed by atoms with E-state index in [1.54, 1.807) is 18.2 Å². The largest absolute Gasteiger partial charge is 0.359 e. The van der Waals surface area contributed by atoms with E-state index in [0.717, 1.165) is 6.07 Å². The number of benzene rings is 1. The van der Waals surface area contributed by atoms with Crippen LogP contribution >= 0.6 is 0 Å². The van der Waals surface area contributed by atoms with Gasteiger partial charge in [0.05, 0.1) is 28.7 Å². The van der Waals surface area contributed by atoms with Gasteiger partial charge in [0.2, 0.25) is 0 Å². The average Bonchev–Trinajstić information content (AvgIpc) is 3.14. The Kier molecular flexibility index (Phi) is 4.69. The first-order valence-corrected chi connectivity index (χ1v) is 8.84. The van der Waals surface area contributed by atoms with Gasteiger partial charge in [0.25, 0.3) is 10.0 Å². The number of H-pyrrole nitrogens is 1. The minimum absolute atomic E-state index is 0.0725. The van der Waals surface area contributed by atoms with Gasteiger partial charge in [0.15, 0.2) is 0 Å². The smallest absolute Gasteiger partial charge is 0.263 e. The number of halogens is 2. The topological polar surface area (TPSA) is 98.6 Å². The molecule has 2 N–H and O–H groups in total. The van der Waals surface area contributed by atoms with Crippen molar-refractivity contribution in [3.05, 3.63) is 65.7 Å². The molecule has 2 aromatic heterocycles. The molecule has 0 unspecified atom stereocenters. The normalized spacial score (nSPS) is 11.1. The number of anilines is 1. The molecule has 1 aromatic carbocycles. The lowest BCUT2D eigenvalue weighted by Gasteiger charge is -2.07. The molecule has 0 aliphatic rings. The highest BCUT2D eigenvalue weighted by Crippen LogP contribution is 2.25. The van der Waals surface area contributed by atoms with E-state index in [1.807, 2.05) is 0 Å². The fourth-order valence-corrected chi connectivity index (χ4v) is 3.39. The van der Waals surface area contributed by atoms with Gasteiger partial charge in [-0.05, 0) is 30.3 Å². The second-order valence-electron chi connectivity index (χ2n) is 5.31. The Hall–Kier alpha value is -3.25. The van der Waals surface area contributed by atoms with Crippen LogP contribution in [-0.4, -0.2) is 18.4 Å². The van der Waals surface area contributed by atoms with Crippen LogP contribution in [0.15, 0.2) is 53.7 Å². The van der Waals surface area contributed by atoms with Gasteiger partial charge in [-0.2, -0.15) is 5.26 Å². The quantitative estimate of drug-likeness (QED) is 0.715. The molecule has 3 aromatic rings. The molecule has 0 bridgehead atoms. The van der Waals surface area contributed by atoms with Gasteiger partial charge in [-0.1, -0.05) is 6.07 Å². The Morgan fingerprint density at radius 2 is 2.08 bits per heavy atom. The van der Waals surface area contributed by atoms with Crippen molar-refractivity contribution in [2.24, 2.45) is 0 Å². The molecular weight excluding hydrogens is 362 g/mol. The van der Waals surface area contributed by atoms with Crippen molar-refractivity contribution in [2.45, 2.75) is 11.6 Å². The van der Waals surface area contributed by atoms with E-state index in [-0.39, 0.29) is 16.1 Å². The van der Waals surface area contributed by atoms with E-state index >= 15 is 0 Å². The van der Waals surface area contributed by atoms with Gasteiger partial charge in [0, 0.05) is 18.0 Å². The molecule has 0 saturated heterocycles. The molecule has 0 aliphatic heterocycles. The van der Waals surface area contributed by atoms with E-state index in [9.17, 15) is 17.2 Å². The number of nitriles is 1. The molecule has 0 radical (unpaired) electrons. The van der Waals surface area contributed by atoms with Crippen molar-refractivity contribution in [3.8, 4) is 17.5 Å². The summed E-state index contributed by atoms with van der Waals surface area (Å²) in [5.74, 6) is -0.868. The van der Waals surface area contributed by atoms with Crippen LogP contribution in [0.3, 0.4) is 0 Å². The molecule has 0 saturated carbocycles. The lowest BCUT2D eigenvalue weighted by Crippen LogP contribution is -2.13. The summed E-state index contributed by atoms with van der Waals surface area (Å²) in [6, 6.07) is 9.56. The van der Waals surface area contributed by atoms with E-state index < -0.39 is 22.5 Å². The lowest BCUT2D eigenvalue weighted by molar-refractivity contribution is 0.485. The van der Waals surface area contributed by atoms with Crippen molar-refractivity contribution in [3.63, 3.8) is 0 Å². The average molecular weight is 374 g/mol. The number of pyridine rings is 1. The second kappa shape index (κ2) is 6.93. The van der Waals surface area contributed by atoms with Crippen LogP contribution in [0.4, 0.5) is 14.5 Å². The Labute approximate surface area is 148 Å². The predicted molar refractivity (Wildman–Crippen MR) is 90.8 cm³/mol. The second-order valence-corrected chi connectivity index (χ2v) is 6.99. The van der Waals surface area contributed by atoms with Crippen LogP contribution in [0.5, 0.6) is 0 Å². The van der Waals surface area contributed by atoms with Crippen molar-refractivity contribution in [2.75, 3.05) is 4.72 Å². The minimum atomic E-state index is -4.09. The molecule has 0 atom stereocenters. The van der Waals surface area contributed by atoms with Gasteiger partial charge in [-0.15, -0.1) is 0 Å². The standard InChI is InChI=1S/C17H12F2N4O2S/c18-8-12-2-1-5-21-17(12)16-7-13(10-22-16)26(24,25)23-15-4-3-11(9-20)6-14(15)19/h1-7,10,22-23H,8H2. The third-order valence-corrected chi connectivity index (χ3v) is 4.94. The van der Waals surface area contributed by atoms with Gasteiger partial charge >= 0.3 is 0 Å². The number of hydrogen-bond donors (Lipinski definition) is 2. The minimum Gasteiger partial charge on any atom is -0.359 e. The summed E-state index contributed by atoms with van der Waals surface area (Å²) >= 11 is 0. The Balaban J connectivity index is 1.92. The Morgan fingerprint density at radius 1 is 1.27 bits per heavy atom. The number of alkyl halides is 1. The van der Waals surface area contributed by atoms with Gasteiger partial charge < -0.3 is 4.98 Å². The molecule has 132 valence electrons. The van der Waals surface area contributed by atoms with Crippen molar-refractivity contribution >= 4 is 15.7 Å². The maximum Gasteiger partial charge on any atom is 0.263 e. The van der Waals surface area contributed by atoms with Crippen LogP contribution in [-0.2, 0) is 16.7 Å². The van der Waals surface area contributed by atoms with Gasteiger partial charge in [0.1, 0.15) is 17.4 Å². The number of hydrogen-bond acceptors (Lipinski definition) is 4. The summed E-state index contributed by atoms with van der Waals surface area (Å²) < 4.78 is 54.0. The third kappa shape index (κ3) is 3.41. The van der Waals surface area contributed by atoms with Crippen molar-refractivity contribution in [1.82, 2.24) is 9.97 Å². The summed E-state index contributed by atoms with van der Waals surface area (Å²) in [5.41, 5.74) is 0.710. The first kappa shape index (κ1) is 17.6. The number of nitrogens with zero attached hydrogens (tertiary/aromatic N) is 2. The fraction of sp³-hybridized carbons (Fsp3) is 0.0588. The zero-order chi connectivity index (χ0) is 18.7. The van der Waals surface area contributed by atoms with Crippen molar-refractivity contribution in [1.29, 1.82) is 5.26 Å². The Bertz CT molecular complexity index is 1100. The van der Waals surface area contributed by atoms with E-state index in [4.69, 9.17) is 5.26 Å². The number of rotatable bonds is 5. The Morgan fingerprint density at radius 3 is 2.77 bits per heavy atom.